The number of aryl methyl sites for hydroxylation is 1. The van der Waals surface area contributed by atoms with Gasteiger partial charge in [0, 0.05) is 28.6 Å². The number of aromatic nitrogens is 1. The van der Waals surface area contributed by atoms with E-state index in [1.807, 2.05) is 62.4 Å². The molecule has 0 spiro atoms. The summed E-state index contributed by atoms with van der Waals surface area (Å²) in [6.07, 6.45) is 0.475. The van der Waals surface area contributed by atoms with Gasteiger partial charge in [0.2, 0.25) is 0 Å². The topological polar surface area (TPSA) is 49.9 Å². The molecule has 0 aliphatic rings. The number of nitrogens with one attached hydrogen (secondary N) is 1. The van der Waals surface area contributed by atoms with Crippen LogP contribution in [0.5, 0.6) is 0 Å². The zero-order valence-electron chi connectivity index (χ0n) is 14.2. The van der Waals surface area contributed by atoms with Crippen molar-refractivity contribution in [2.45, 2.75) is 33.1 Å². The van der Waals surface area contributed by atoms with E-state index in [0.717, 1.165) is 22.2 Å². The van der Waals surface area contributed by atoms with E-state index in [-0.39, 0.29) is 17.5 Å². The van der Waals surface area contributed by atoms with Crippen molar-refractivity contribution in [3.05, 3.63) is 70.9 Å². The lowest BCUT2D eigenvalue weighted by Gasteiger charge is -2.13. The molecule has 0 radical (unpaired) electrons. The van der Waals surface area contributed by atoms with Gasteiger partial charge in [-0.15, -0.1) is 0 Å². The lowest BCUT2D eigenvalue weighted by molar-refractivity contribution is -0.117. The Kier molecular flexibility index (Phi) is 4.34. The molecule has 1 heterocycles. The normalized spacial score (nSPS) is 12.3. The van der Waals surface area contributed by atoms with Crippen LogP contribution in [0.3, 0.4) is 0 Å². The van der Waals surface area contributed by atoms with Gasteiger partial charge < -0.3 is 9.78 Å². The van der Waals surface area contributed by atoms with Crippen LogP contribution in [0.1, 0.15) is 53.4 Å². The first-order valence-corrected chi connectivity index (χ1v) is 8.19. The molecule has 0 bridgehead atoms. The van der Waals surface area contributed by atoms with Gasteiger partial charge in [0.15, 0.2) is 5.78 Å². The van der Waals surface area contributed by atoms with Gasteiger partial charge in [-0.1, -0.05) is 49.4 Å². The first-order valence-electron chi connectivity index (χ1n) is 8.19. The Hall–Kier alpha value is -2.68. The molecule has 1 atom stereocenters. The number of H-pyrrole nitrogens is 1. The van der Waals surface area contributed by atoms with Gasteiger partial charge in [-0.3, -0.25) is 4.79 Å². The summed E-state index contributed by atoms with van der Waals surface area (Å²) < 4.78 is 0. The Balaban J connectivity index is 2.19. The zero-order chi connectivity index (χ0) is 17.3. The number of carbonyl (C=O) groups excluding carboxylic acids is 2. The molecule has 0 aliphatic carbocycles. The highest BCUT2D eigenvalue weighted by molar-refractivity contribution is 6.18. The molecule has 3 rings (SSSR count). The lowest BCUT2D eigenvalue weighted by atomic mass is 9.89. The van der Waals surface area contributed by atoms with Crippen molar-refractivity contribution in [3.8, 4) is 0 Å². The predicted molar refractivity (Wildman–Crippen MR) is 96.6 cm³/mol. The van der Waals surface area contributed by atoms with Crippen LogP contribution in [0.25, 0.3) is 10.9 Å². The van der Waals surface area contributed by atoms with Gasteiger partial charge in [-0.25, -0.2) is 0 Å². The van der Waals surface area contributed by atoms with E-state index in [4.69, 9.17) is 0 Å². The molecular formula is C21H21NO2. The summed E-state index contributed by atoms with van der Waals surface area (Å²) in [6, 6.07) is 15.3. The molecule has 122 valence electrons. The lowest BCUT2D eigenvalue weighted by Crippen LogP contribution is -2.05. The second-order valence-electron chi connectivity index (χ2n) is 6.40. The monoisotopic (exact) mass is 319 g/mol. The van der Waals surface area contributed by atoms with Gasteiger partial charge in [0.25, 0.3) is 0 Å². The summed E-state index contributed by atoms with van der Waals surface area (Å²) in [5.41, 5.74) is 4.24. The van der Waals surface area contributed by atoms with Crippen LogP contribution in [0.15, 0.2) is 48.5 Å². The second-order valence-corrected chi connectivity index (χ2v) is 6.40. The van der Waals surface area contributed by atoms with Gasteiger partial charge in [0.05, 0.1) is 5.56 Å². The molecule has 0 amide bonds. The van der Waals surface area contributed by atoms with Crippen LogP contribution in [-0.2, 0) is 4.79 Å². The van der Waals surface area contributed by atoms with Gasteiger partial charge in [0.1, 0.15) is 5.78 Å². The van der Waals surface area contributed by atoms with Crippen LogP contribution >= 0.6 is 0 Å². The number of Topliss-reactive ketones (excluding diaryl/α,β-unsaturated/α-hetero) is 1. The molecule has 2 aromatic carbocycles. The Morgan fingerprint density at radius 1 is 1.04 bits per heavy atom. The number of aromatic amines is 1. The number of ketones is 2. The maximum absolute atomic E-state index is 13.1. The van der Waals surface area contributed by atoms with E-state index in [1.165, 1.54) is 0 Å². The molecule has 3 nitrogen and oxygen atoms in total. The zero-order valence-corrected chi connectivity index (χ0v) is 14.2. The summed E-state index contributed by atoms with van der Waals surface area (Å²) in [6.45, 7) is 5.57. The first kappa shape index (κ1) is 16.2. The summed E-state index contributed by atoms with van der Waals surface area (Å²) in [5.74, 6) is 0.244. The standard InChI is InChI=1S/C21H21NO2/c1-13(12-14(2)23)17-10-7-11-18-20(17)19(15(3)22-18)21(24)16-8-5-4-6-9-16/h4-11,13,22H,12H2,1-3H3. The predicted octanol–water partition coefficient (Wildman–Crippen LogP) is 4.79. The number of rotatable bonds is 5. The minimum absolute atomic E-state index is 0.0156. The van der Waals surface area contributed by atoms with E-state index in [2.05, 4.69) is 4.98 Å². The third-order valence-corrected chi connectivity index (χ3v) is 4.43. The van der Waals surface area contributed by atoms with E-state index in [0.29, 0.717) is 17.5 Å². The minimum Gasteiger partial charge on any atom is -0.358 e. The quantitative estimate of drug-likeness (QED) is 0.687. The average Bonchev–Trinajstić information content (AvgIpc) is 2.90. The molecule has 1 N–H and O–H groups in total. The Morgan fingerprint density at radius 2 is 1.75 bits per heavy atom. The fraction of sp³-hybridized carbons (Fsp3) is 0.238. The van der Waals surface area contributed by atoms with Crippen LogP contribution in [-0.4, -0.2) is 16.6 Å². The molecule has 0 saturated heterocycles. The van der Waals surface area contributed by atoms with Crippen molar-refractivity contribution in [2.75, 3.05) is 0 Å². The molecule has 0 aliphatic heterocycles. The van der Waals surface area contributed by atoms with Crippen molar-refractivity contribution < 1.29 is 9.59 Å². The largest absolute Gasteiger partial charge is 0.358 e. The highest BCUT2D eigenvalue weighted by Gasteiger charge is 2.22. The smallest absolute Gasteiger partial charge is 0.195 e. The third-order valence-electron chi connectivity index (χ3n) is 4.43. The highest BCUT2D eigenvalue weighted by Crippen LogP contribution is 2.33. The molecule has 0 saturated carbocycles. The fourth-order valence-electron chi connectivity index (χ4n) is 3.37. The van der Waals surface area contributed by atoms with Crippen molar-refractivity contribution in [1.82, 2.24) is 4.98 Å². The Bertz CT molecular complexity index is 906. The maximum atomic E-state index is 13.1. The SMILES string of the molecule is CC(=O)CC(C)c1cccc2[nH]c(C)c(C(=O)c3ccccc3)c12. The second kappa shape index (κ2) is 6.44. The number of hydrogen-bond acceptors (Lipinski definition) is 2. The van der Waals surface area contributed by atoms with Gasteiger partial charge >= 0.3 is 0 Å². The van der Waals surface area contributed by atoms with Crippen LogP contribution in [0, 0.1) is 6.92 Å². The highest BCUT2D eigenvalue weighted by atomic mass is 16.1. The van der Waals surface area contributed by atoms with Crippen molar-refractivity contribution in [2.24, 2.45) is 0 Å². The first-order chi connectivity index (χ1) is 11.5. The number of fused-ring (bicyclic) bond motifs is 1. The molecule has 1 aromatic heterocycles. The fourth-order valence-corrected chi connectivity index (χ4v) is 3.37. The maximum Gasteiger partial charge on any atom is 0.195 e. The summed E-state index contributed by atoms with van der Waals surface area (Å²) >= 11 is 0. The third kappa shape index (κ3) is 2.90. The van der Waals surface area contributed by atoms with Crippen LogP contribution < -0.4 is 0 Å². The molecule has 3 aromatic rings. The summed E-state index contributed by atoms with van der Waals surface area (Å²) in [4.78, 5) is 27.9. The Labute approximate surface area is 141 Å². The average molecular weight is 319 g/mol. The molecular weight excluding hydrogens is 298 g/mol. The van der Waals surface area contributed by atoms with Crippen molar-refractivity contribution in [1.29, 1.82) is 0 Å². The number of carbonyl (C=O) groups is 2. The Morgan fingerprint density at radius 3 is 2.42 bits per heavy atom. The molecule has 0 fully saturated rings. The van der Waals surface area contributed by atoms with E-state index < -0.39 is 0 Å². The van der Waals surface area contributed by atoms with Crippen molar-refractivity contribution in [3.63, 3.8) is 0 Å². The van der Waals surface area contributed by atoms with Crippen molar-refractivity contribution >= 4 is 22.5 Å². The van der Waals surface area contributed by atoms with Gasteiger partial charge in [-0.2, -0.15) is 0 Å². The van der Waals surface area contributed by atoms with Crippen LogP contribution in [0.4, 0.5) is 0 Å². The summed E-state index contributed by atoms with van der Waals surface area (Å²) in [7, 11) is 0. The molecule has 3 heteroatoms. The van der Waals surface area contributed by atoms with Gasteiger partial charge in [-0.05, 0) is 31.4 Å². The molecule has 1 unspecified atom stereocenters. The number of hydrogen-bond donors (Lipinski definition) is 1. The summed E-state index contributed by atoms with van der Waals surface area (Å²) in [5, 5.41) is 0.942. The minimum atomic E-state index is 0.0156. The van der Waals surface area contributed by atoms with E-state index in [1.54, 1.807) is 6.92 Å². The number of benzene rings is 2. The van der Waals surface area contributed by atoms with E-state index >= 15 is 0 Å². The van der Waals surface area contributed by atoms with E-state index in [9.17, 15) is 9.59 Å². The molecule has 24 heavy (non-hydrogen) atoms. The van der Waals surface area contributed by atoms with Crippen LogP contribution in [0.2, 0.25) is 0 Å².